The van der Waals surface area contributed by atoms with Crippen LogP contribution in [0.2, 0.25) is 0 Å². The van der Waals surface area contributed by atoms with Crippen LogP contribution in [0.3, 0.4) is 0 Å². The zero-order valence-corrected chi connectivity index (χ0v) is 8.52. The molecule has 0 unspecified atom stereocenters. The zero-order valence-electron chi connectivity index (χ0n) is 8.52. The Labute approximate surface area is 75.5 Å². The van der Waals surface area contributed by atoms with Gasteiger partial charge >= 0.3 is 0 Å². The van der Waals surface area contributed by atoms with E-state index in [9.17, 15) is 4.79 Å². The van der Waals surface area contributed by atoms with Gasteiger partial charge in [0.25, 0.3) is 0 Å². The van der Waals surface area contributed by atoms with E-state index in [0.717, 1.165) is 12.8 Å². The number of Topliss-reactive ketones (excluding diaryl/α,β-unsaturated/α-hetero) is 1. The van der Waals surface area contributed by atoms with Gasteiger partial charge < -0.3 is 5.73 Å². The average Bonchev–Trinajstić information content (AvgIpc) is 1.84. The minimum atomic E-state index is 0.139. The van der Waals surface area contributed by atoms with E-state index in [0.29, 0.717) is 25.2 Å². The second-order valence-electron chi connectivity index (χ2n) is 4.52. The van der Waals surface area contributed by atoms with Crippen molar-refractivity contribution in [2.45, 2.75) is 46.5 Å². The van der Waals surface area contributed by atoms with Crippen LogP contribution in [0.1, 0.15) is 46.5 Å². The summed E-state index contributed by atoms with van der Waals surface area (Å²) in [5, 5.41) is 0. The number of unbranched alkanes of at least 4 members (excludes halogenated alkanes) is 1. The lowest BCUT2D eigenvalue weighted by molar-refractivity contribution is -0.120. The van der Waals surface area contributed by atoms with Crippen LogP contribution >= 0.6 is 0 Å². The van der Waals surface area contributed by atoms with Gasteiger partial charge in [-0.3, -0.25) is 4.79 Å². The van der Waals surface area contributed by atoms with Crippen molar-refractivity contribution in [1.29, 1.82) is 0 Å². The van der Waals surface area contributed by atoms with Crippen LogP contribution in [-0.4, -0.2) is 12.3 Å². The first kappa shape index (κ1) is 11.6. The Kier molecular flexibility index (Phi) is 5.14. The molecule has 2 heteroatoms. The fourth-order valence-corrected chi connectivity index (χ4v) is 1.15. The van der Waals surface area contributed by atoms with Gasteiger partial charge in [0.1, 0.15) is 5.78 Å². The topological polar surface area (TPSA) is 43.1 Å². The molecule has 0 saturated carbocycles. The highest BCUT2D eigenvalue weighted by molar-refractivity contribution is 5.78. The van der Waals surface area contributed by atoms with Crippen molar-refractivity contribution in [1.82, 2.24) is 0 Å². The Balaban J connectivity index is 3.47. The highest BCUT2D eigenvalue weighted by atomic mass is 16.1. The largest absolute Gasteiger partial charge is 0.330 e. The molecule has 0 radical (unpaired) electrons. The lowest BCUT2D eigenvalue weighted by Crippen LogP contribution is -2.13. The van der Waals surface area contributed by atoms with Crippen LogP contribution in [0.4, 0.5) is 0 Å². The molecule has 0 amide bonds. The number of rotatable bonds is 5. The van der Waals surface area contributed by atoms with Gasteiger partial charge in [0.2, 0.25) is 0 Å². The van der Waals surface area contributed by atoms with E-state index in [1.165, 1.54) is 0 Å². The summed E-state index contributed by atoms with van der Waals surface area (Å²) in [7, 11) is 0. The predicted molar refractivity (Wildman–Crippen MR) is 52.0 cm³/mol. The third kappa shape index (κ3) is 7.73. The highest BCUT2D eigenvalue weighted by Gasteiger charge is 2.14. The molecule has 0 atom stereocenters. The number of carbonyl (C=O) groups is 1. The summed E-state index contributed by atoms with van der Waals surface area (Å²) >= 11 is 0. The van der Waals surface area contributed by atoms with E-state index in [1.54, 1.807) is 0 Å². The number of nitrogens with two attached hydrogens (primary N) is 1. The molecule has 0 aromatic carbocycles. The van der Waals surface area contributed by atoms with Gasteiger partial charge in [-0.25, -0.2) is 0 Å². The van der Waals surface area contributed by atoms with Gasteiger partial charge in [-0.1, -0.05) is 20.8 Å². The molecule has 72 valence electrons. The van der Waals surface area contributed by atoms with E-state index in [2.05, 4.69) is 20.8 Å². The second-order valence-corrected chi connectivity index (χ2v) is 4.52. The summed E-state index contributed by atoms with van der Waals surface area (Å²) in [6.07, 6.45) is 3.31. The predicted octanol–water partition coefficient (Wildman–Crippen LogP) is 2.12. The van der Waals surface area contributed by atoms with Crippen LogP contribution in [-0.2, 0) is 4.79 Å². The zero-order chi connectivity index (χ0) is 9.61. The van der Waals surface area contributed by atoms with Crippen molar-refractivity contribution in [2.24, 2.45) is 11.1 Å². The van der Waals surface area contributed by atoms with Crippen LogP contribution in [0.25, 0.3) is 0 Å². The maximum Gasteiger partial charge on any atom is 0.133 e. The van der Waals surface area contributed by atoms with E-state index < -0.39 is 0 Å². The maximum absolute atomic E-state index is 11.3. The monoisotopic (exact) mass is 171 g/mol. The molecular formula is C10H21NO. The standard InChI is InChI=1S/C10H21NO/c1-10(2,3)8-9(12)6-4-5-7-11/h4-8,11H2,1-3H3. The first-order valence-electron chi connectivity index (χ1n) is 4.67. The van der Waals surface area contributed by atoms with Crippen molar-refractivity contribution in [3.05, 3.63) is 0 Å². The Bertz CT molecular complexity index is 135. The Morgan fingerprint density at radius 3 is 2.25 bits per heavy atom. The van der Waals surface area contributed by atoms with Crippen LogP contribution < -0.4 is 5.73 Å². The fraction of sp³-hybridized carbons (Fsp3) is 0.900. The molecular weight excluding hydrogens is 150 g/mol. The smallest absolute Gasteiger partial charge is 0.133 e. The molecule has 0 saturated heterocycles. The van der Waals surface area contributed by atoms with Gasteiger partial charge in [0, 0.05) is 12.8 Å². The highest BCUT2D eigenvalue weighted by Crippen LogP contribution is 2.20. The summed E-state index contributed by atoms with van der Waals surface area (Å²) in [6, 6.07) is 0. The minimum Gasteiger partial charge on any atom is -0.330 e. The van der Waals surface area contributed by atoms with Crippen molar-refractivity contribution in [3.8, 4) is 0 Å². The molecule has 2 N–H and O–H groups in total. The van der Waals surface area contributed by atoms with Gasteiger partial charge in [0.15, 0.2) is 0 Å². The lowest BCUT2D eigenvalue weighted by atomic mass is 9.88. The van der Waals surface area contributed by atoms with Crippen molar-refractivity contribution < 1.29 is 4.79 Å². The number of hydrogen-bond acceptors (Lipinski definition) is 2. The Morgan fingerprint density at radius 1 is 1.25 bits per heavy atom. The average molecular weight is 171 g/mol. The summed E-state index contributed by atoms with van der Waals surface area (Å²) in [6.45, 7) is 6.97. The molecule has 0 spiro atoms. The molecule has 0 bridgehead atoms. The SMILES string of the molecule is CC(C)(C)CC(=O)CCCCN. The van der Waals surface area contributed by atoms with E-state index >= 15 is 0 Å². The quantitative estimate of drug-likeness (QED) is 0.644. The molecule has 0 heterocycles. The first-order chi connectivity index (χ1) is 5.45. The summed E-state index contributed by atoms with van der Waals surface area (Å²) in [5.74, 6) is 0.371. The molecule has 0 fully saturated rings. The van der Waals surface area contributed by atoms with E-state index in [-0.39, 0.29) is 5.41 Å². The van der Waals surface area contributed by atoms with Crippen LogP contribution in [0.15, 0.2) is 0 Å². The van der Waals surface area contributed by atoms with Gasteiger partial charge in [0.05, 0.1) is 0 Å². The van der Waals surface area contributed by atoms with Crippen LogP contribution in [0.5, 0.6) is 0 Å². The third-order valence-corrected chi connectivity index (χ3v) is 1.64. The van der Waals surface area contributed by atoms with Crippen molar-refractivity contribution >= 4 is 5.78 Å². The molecule has 0 rings (SSSR count). The molecule has 0 aliphatic heterocycles. The maximum atomic E-state index is 11.3. The summed E-state index contributed by atoms with van der Waals surface area (Å²) in [5.41, 5.74) is 5.47. The van der Waals surface area contributed by atoms with Crippen molar-refractivity contribution in [3.63, 3.8) is 0 Å². The van der Waals surface area contributed by atoms with Gasteiger partial charge in [-0.2, -0.15) is 0 Å². The van der Waals surface area contributed by atoms with E-state index in [1.807, 2.05) is 0 Å². The van der Waals surface area contributed by atoms with Crippen LogP contribution in [0, 0.1) is 5.41 Å². The summed E-state index contributed by atoms with van der Waals surface area (Å²) in [4.78, 5) is 11.3. The number of hydrogen-bond donors (Lipinski definition) is 1. The Morgan fingerprint density at radius 2 is 1.83 bits per heavy atom. The fourth-order valence-electron chi connectivity index (χ4n) is 1.15. The Hall–Kier alpha value is -0.370. The van der Waals surface area contributed by atoms with E-state index in [4.69, 9.17) is 5.73 Å². The number of carbonyl (C=O) groups excluding carboxylic acids is 1. The molecule has 0 aliphatic rings. The molecule has 0 aromatic rings. The molecule has 12 heavy (non-hydrogen) atoms. The second kappa shape index (κ2) is 5.31. The third-order valence-electron chi connectivity index (χ3n) is 1.64. The normalized spacial score (nSPS) is 11.7. The summed E-state index contributed by atoms with van der Waals surface area (Å²) < 4.78 is 0. The first-order valence-corrected chi connectivity index (χ1v) is 4.67. The molecule has 0 aromatic heterocycles. The minimum absolute atomic E-state index is 0.139. The lowest BCUT2D eigenvalue weighted by Gasteiger charge is -2.16. The molecule has 0 aliphatic carbocycles. The van der Waals surface area contributed by atoms with Gasteiger partial charge in [-0.05, 0) is 24.8 Å². The number of ketones is 1. The van der Waals surface area contributed by atoms with Crippen molar-refractivity contribution in [2.75, 3.05) is 6.54 Å². The van der Waals surface area contributed by atoms with Gasteiger partial charge in [-0.15, -0.1) is 0 Å². The molecule has 2 nitrogen and oxygen atoms in total.